The van der Waals surface area contributed by atoms with E-state index in [-0.39, 0.29) is 19.1 Å². The maximum atomic E-state index is 12.7. The molecule has 10 heteroatoms. The van der Waals surface area contributed by atoms with Crippen LogP contribution in [0.5, 0.6) is 11.6 Å². The number of thiophene rings is 1. The van der Waals surface area contributed by atoms with Gasteiger partial charge in [-0.05, 0) is 75.0 Å². The summed E-state index contributed by atoms with van der Waals surface area (Å²) >= 11 is 1.81. The number of hydrogen-bond donors (Lipinski definition) is 0. The lowest BCUT2D eigenvalue weighted by Crippen LogP contribution is -2.46. The van der Waals surface area contributed by atoms with Gasteiger partial charge in [0.15, 0.2) is 0 Å². The Morgan fingerprint density at radius 1 is 0.949 bits per heavy atom. The molecule has 4 aromatic rings. The van der Waals surface area contributed by atoms with Crippen LogP contribution in [0.4, 0.5) is 5.69 Å². The van der Waals surface area contributed by atoms with Crippen LogP contribution in [-0.2, 0) is 13.6 Å². The molecule has 1 aliphatic heterocycles. The van der Waals surface area contributed by atoms with Crippen LogP contribution in [0, 0.1) is 0 Å². The molecule has 2 aromatic carbocycles. The molecule has 3 heterocycles. The molecule has 0 unspecified atom stereocenters. The number of pyridine rings is 1. The van der Waals surface area contributed by atoms with Gasteiger partial charge in [-0.3, -0.25) is 13.9 Å². The van der Waals surface area contributed by atoms with Crippen LogP contribution in [0.15, 0.2) is 60.0 Å². The molecular formula is C29H36N3O5PS. The van der Waals surface area contributed by atoms with Gasteiger partial charge in [0.25, 0.3) is 0 Å². The minimum atomic E-state index is -3.69. The Morgan fingerprint density at radius 3 is 2.54 bits per heavy atom. The van der Waals surface area contributed by atoms with Gasteiger partial charge in [0.2, 0.25) is 5.88 Å². The van der Waals surface area contributed by atoms with E-state index in [0.29, 0.717) is 12.1 Å². The first-order chi connectivity index (χ1) is 19.1. The van der Waals surface area contributed by atoms with Crippen LogP contribution < -0.4 is 14.2 Å². The van der Waals surface area contributed by atoms with Crippen molar-refractivity contribution in [2.45, 2.75) is 26.7 Å². The van der Waals surface area contributed by atoms with E-state index in [2.05, 4.69) is 44.4 Å². The monoisotopic (exact) mass is 569 g/mol. The number of anilines is 1. The highest BCUT2D eigenvalue weighted by molar-refractivity contribution is 7.48. The zero-order valence-electron chi connectivity index (χ0n) is 22.6. The molecule has 0 N–H and O–H groups in total. The fraction of sp³-hybridized carbons (Fsp3) is 0.414. The van der Waals surface area contributed by atoms with Gasteiger partial charge in [-0.15, -0.1) is 11.3 Å². The molecule has 0 atom stereocenters. The first-order valence-electron chi connectivity index (χ1n) is 13.6. The standard InChI is InChI=1S/C29H36N3O5PS/c1-3-35-38(33,36-4-2)37-29-13-11-23-10-12-24(22-26(23)30-29)34-20-6-5-15-31-16-18-32(19-17-31)27-8-7-9-28-25(27)14-21-39-28/h7-14,21-22H,3-6,15-20H2,1-2H3. The molecule has 39 heavy (non-hydrogen) atoms. The Morgan fingerprint density at radius 2 is 1.74 bits per heavy atom. The average molecular weight is 570 g/mol. The molecule has 5 rings (SSSR count). The molecule has 8 nitrogen and oxygen atoms in total. The molecule has 1 fully saturated rings. The summed E-state index contributed by atoms with van der Waals surface area (Å²) in [7, 11) is -3.69. The van der Waals surface area contributed by atoms with Gasteiger partial charge in [0.1, 0.15) is 5.75 Å². The number of piperazine rings is 1. The number of fused-ring (bicyclic) bond motifs is 2. The summed E-state index contributed by atoms with van der Waals surface area (Å²) in [6.45, 7) is 9.92. The number of ether oxygens (including phenoxy) is 1. The van der Waals surface area contributed by atoms with E-state index in [1.54, 1.807) is 19.9 Å². The van der Waals surface area contributed by atoms with Gasteiger partial charge >= 0.3 is 7.82 Å². The Hall–Kier alpha value is -2.68. The molecule has 0 amide bonds. The lowest BCUT2D eigenvalue weighted by Gasteiger charge is -2.36. The summed E-state index contributed by atoms with van der Waals surface area (Å²) in [5.41, 5.74) is 2.06. The number of phosphoric ester groups is 1. The van der Waals surface area contributed by atoms with E-state index in [0.717, 1.165) is 56.7 Å². The highest BCUT2D eigenvalue weighted by Crippen LogP contribution is 2.49. The van der Waals surface area contributed by atoms with Crippen molar-refractivity contribution in [2.75, 3.05) is 57.4 Å². The third kappa shape index (κ3) is 7.10. The summed E-state index contributed by atoms with van der Waals surface area (Å²) in [5.74, 6) is 0.943. The molecule has 1 saturated heterocycles. The van der Waals surface area contributed by atoms with Crippen molar-refractivity contribution in [1.29, 1.82) is 0 Å². The Kier molecular flexibility index (Phi) is 9.37. The Bertz CT molecular complexity index is 1410. The Balaban J connectivity index is 1.07. The summed E-state index contributed by atoms with van der Waals surface area (Å²) in [6, 6.07) is 18.2. The van der Waals surface area contributed by atoms with E-state index in [9.17, 15) is 4.57 Å². The van der Waals surface area contributed by atoms with Crippen LogP contribution in [0.25, 0.3) is 21.0 Å². The van der Waals surface area contributed by atoms with Crippen molar-refractivity contribution >= 4 is 45.8 Å². The van der Waals surface area contributed by atoms with E-state index in [1.807, 2.05) is 35.6 Å². The third-order valence-electron chi connectivity index (χ3n) is 6.74. The van der Waals surface area contributed by atoms with Crippen molar-refractivity contribution in [3.63, 3.8) is 0 Å². The molecule has 0 radical (unpaired) electrons. The minimum Gasteiger partial charge on any atom is -0.494 e. The molecule has 0 aliphatic carbocycles. The Labute approximate surface area is 234 Å². The number of rotatable bonds is 13. The topological polar surface area (TPSA) is 73.4 Å². The maximum Gasteiger partial charge on any atom is 0.531 e. The van der Waals surface area contributed by atoms with Crippen molar-refractivity contribution < 1.29 is 22.9 Å². The maximum absolute atomic E-state index is 12.7. The van der Waals surface area contributed by atoms with Gasteiger partial charge in [0, 0.05) is 59.5 Å². The third-order valence-corrected chi connectivity index (χ3v) is 9.18. The number of hydrogen-bond acceptors (Lipinski definition) is 9. The normalized spacial score (nSPS) is 14.8. The zero-order chi connectivity index (χ0) is 27.1. The van der Waals surface area contributed by atoms with Crippen molar-refractivity contribution in [1.82, 2.24) is 9.88 Å². The summed E-state index contributed by atoms with van der Waals surface area (Å²) in [4.78, 5) is 9.56. The number of unbranched alkanes of at least 4 members (excludes halogenated alkanes) is 1. The molecule has 2 aromatic heterocycles. The smallest absolute Gasteiger partial charge is 0.494 e. The van der Waals surface area contributed by atoms with Crippen LogP contribution >= 0.6 is 19.2 Å². The summed E-state index contributed by atoms with van der Waals surface area (Å²) in [6.07, 6.45) is 2.07. The van der Waals surface area contributed by atoms with Crippen LogP contribution in [0.3, 0.4) is 0 Å². The summed E-state index contributed by atoms with van der Waals surface area (Å²) < 4.78 is 36.0. The number of benzene rings is 2. The van der Waals surface area contributed by atoms with Gasteiger partial charge in [-0.1, -0.05) is 6.07 Å². The highest BCUT2D eigenvalue weighted by atomic mass is 32.1. The van der Waals surface area contributed by atoms with E-state index >= 15 is 0 Å². The average Bonchev–Trinajstić information content (AvgIpc) is 3.42. The predicted molar refractivity (Wildman–Crippen MR) is 158 cm³/mol. The van der Waals surface area contributed by atoms with Crippen molar-refractivity contribution in [3.05, 3.63) is 60.0 Å². The predicted octanol–water partition coefficient (Wildman–Crippen LogP) is 6.99. The second kappa shape index (κ2) is 13.1. The first kappa shape index (κ1) is 27.9. The molecule has 0 spiro atoms. The minimum absolute atomic E-state index is 0.192. The molecule has 208 valence electrons. The molecular weight excluding hydrogens is 533 g/mol. The zero-order valence-corrected chi connectivity index (χ0v) is 24.3. The second-order valence-corrected chi connectivity index (χ2v) is 11.9. The lowest BCUT2D eigenvalue weighted by atomic mass is 10.2. The number of aromatic nitrogens is 1. The van der Waals surface area contributed by atoms with Gasteiger partial charge < -0.3 is 14.2 Å². The quantitative estimate of drug-likeness (QED) is 0.126. The second-order valence-electron chi connectivity index (χ2n) is 9.37. The van der Waals surface area contributed by atoms with E-state index in [4.69, 9.17) is 18.3 Å². The van der Waals surface area contributed by atoms with Crippen molar-refractivity contribution in [3.8, 4) is 11.6 Å². The largest absolute Gasteiger partial charge is 0.531 e. The number of nitrogens with zero attached hydrogens (tertiary/aromatic N) is 3. The van der Waals surface area contributed by atoms with Crippen LogP contribution in [-0.4, -0.2) is 62.4 Å². The SMILES string of the molecule is CCOP(=O)(OCC)Oc1ccc2ccc(OCCCCN3CCN(c4cccc5sccc45)CC3)cc2n1. The van der Waals surface area contributed by atoms with E-state index < -0.39 is 7.82 Å². The molecule has 0 saturated carbocycles. The summed E-state index contributed by atoms with van der Waals surface area (Å²) in [5, 5.41) is 4.49. The van der Waals surface area contributed by atoms with Gasteiger partial charge in [-0.2, -0.15) is 0 Å². The fourth-order valence-electron chi connectivity index (χ4n) is 4.83. The van der Waals surface area contributed by atoms with Gasteiger partial charge in [-0.25, -0.2) is 9.55 Å². The highest BCUT2D eigenvalue weighted by Gasteiger charge is 2.28. The lowest BCUT2D eigenvalue weighted by molar-refractivity contribution is 0.166. The molecule has 0 bridgehead atoms. The molecule has 1 aliphatic rings. The van der Waals surface area contributed by atoms with Gasteiger partial charge in [0.05, 0.1) is 25.3 Å². The van der Waals surface area contributed by atoms with E-state index in [1.165, 1.54) is 15.8 Å². The number of phosphoric acid groups is 1. The first-order valence-corrected chi connectivity index (χ1v) is 16.0. The fourth-order valence-corrected chi connectivity index (χ4v) is 6.78. The van der Waals surface area contributed by atoms with Crippen LogP contribution in [0.1, 0.15) is 26.7 Å². The van der Waals surface area contributed by atoms with Crippen molar-refractivity contribution in [2.24, 2.45) is 0 Å². The van der Waals surface area contributed by atoms with Crippen LogP contribution in [0.2, 0.25) is 0 Å².